The van der Waals surface area contributed by atoms with Crippen LogP contribution in [-0.2, 0) is 15.7 Å². The Morgan fingerprint density at radius 1 is 1.25 bits per heavy atom. The number of alkyl halides is 3. The lowest BCUT2D eigenvalue weighted by atomic mass is 10.1. The van der Waals surface area contributed by atoms with Crippen LogP contribution in [0, 0.1) is 5.92 Å². The average Bonchev–Trinajstić information content (AvgIpc) is 3.42. The minimum atomic E-state index is -4.43. The van der Waals surface area contributed by atoms with Crippen molar-refractivity contribution < 1.29 is 27.5 Å². The normalized spacial score (nSPS) is 14.4. The van der Waals surface area contributed by atoms with E-state index in [4.69, 9.17) is 4.74 Å². The third-order valence-electron chi connectivity index (χ3n) is 5.00. The van der Waals surface area contributed by atoms with Gasteiger partial charge in [0.2, 0.25) is 0 Å². The molecule has 0 unspecified atom stereocenters. The van der Waals surface area contributed by atoms with Crippen LogP contribution >= 0.6 is 23.1 Å². The molecule has 6 nitrogen and oxygen atoms in total. The Morgan fingerprint density at radius 3 is 2.56 bits per heavy atom. The highest BCUT2D eigenvalue weighted by molar-refractivity contribution is 8.01. The standard InChI is InChI=1S/C21H24F3N3O3S2/c1-2-30-17(28)13-31-18-11-25-19(32-18)26-20(29)27(12-14-5-3-4-6-14)16-9-7-15(8-10-16)21(22,23)24/h7-11,14H,2-6,12-13H2,1H3,(H,25,26,29). The number of benzene rings is 1. The molecular formula is C21H24F3N3O3S2. The van der Waals surface area contributed by atoms with E-state index in [1.165, 1.54) is 40.1 Å². The number of halogens is 3. The summed E-state index contributed by atoms with van der Waals surface area (Å²) in [7, 11) is 0. The van der Waals surface area contributed by atoms with Crippen LogP contribution in [-0.4, -0.2) is 35.9 Å². The molecule has 1 aromatic carbocycles. The first kappa shape index (κ1) is 24.4. The summed E-state index contributed by atoms with van der Waals surface area (Å²) in [5.74, 6) is 0.111. The van der Waals surface area contributed by atoms with Gasteiger partial charge in [0.25, 0.3) is 0 Å². The fraction of sp³-hybridized carbons (Fsp3) is 0.476. The molecule has 11 heteroatoms. The van der Waals surface area contributed by atoms with Crippen LogP contribution in [0.25, 0.3) is 0 Å². The van der Waals surface area contributed by atoms with E-state index >= 15 is 0 Å². The zero-order valence-corrected chi connectivity index (χ0v) is 19.1. The predicted octanol–water partition coefficient (Wildman–Crippen LogP) is 6.05. The van der Waals surface area contributed by atoms with Gasteiger partial charge in [-0.1, -0.05) is 24.2 Å². The Labute approximate surface area is 192 Å². The SMILES string of the molecule is CCOC(=O)CSc1cnc(NC(=O)N(CC2CCCC2)c2ccc(C(F)(F)F)cc2)s1. The second-order valence-corrected chi connectivity index (χ2v) is 9.62. The molecule has 32 heavy (non-hydrogen) atoms. The molecular weight excluding hydrogens is 463 g/mol. The van der Waals surface area contributed by atoms with Crippen LogP contribution in [0.4, 0.5) is 28.8 Å². The van der Waals surface area contributed by atoms with Crippen molar-refractivity contribution in [1.82, 2.24) is 4.98 Å². The van der Waals surface area contributed by atoms with E-state index < -0.39 is 17.8 Å². The smallest absolute Gasteiger partial charge is 0.416 e. The monoisotopic (exact) mass is 487 g/mol. The number of nitrogens with one attached hydrogen (secondary N) is 1. The number of esters is 1. The lowest BCUT2D eigenvalue weighted by Gasteiger charge is -2.26. The van der Waals surface area contributed by atoms with Crippen LogP contribution in [0.2, 0.25) is 0 Å². The van der Waals surface area contributed by atoms with Crippen LogP contribution in [0.1, 0.15) is 38.2 Å². The first-order chi connectivity index (χ1) is 15.3. The van der Waals surface area contributed by atoms with Crippen molar-refractivity contribution in [2.75, 3.05) is 29.1 Å². The average molecular weight is 488 g/mol. The summed E-state index contributed by atoms with van der Waals surface area (Å²) in [6.07, 6.45) is 1.26. The first-order valence-electron chi connectivity index (χ1n) is 10.3. The molecule has 0 radical (unpaired) electrons. The second kappa shape index (κ2) is 11.0. The number of urea groups is 1. The van der Waals surface area contributed by atoms with Gasteiger partial charge in [-0.25, -0.2) is 9.78 Å². The van der Waals surface area contributed by atoms with Crippen molar-refractivity contribution >= 4 is 45.9 Å². The molecule has 0 atom stereocenters. The van der Waals surface area contributed by atoms with Crippen LogP contribution in [0.15, 0.2) is 34.7 Å². The van der Waals surface area contributed by atoms with Crippen molar-refractivity contribution in [2.24, 2.45) is 5.92 Å². The molecule has 2 amide bonds. The number of anilines is 2. The number of amides is 2. The molecule has 1 N–H and O–H groups in total. The summed E-state index contributed by atoms with van der Waals surface area (Å²) in [6.45, 7) is 2.47. The molecule has 2 aromatic rings. The molecule has 1 aliphatic rings. The summed E-state index contributed by atoms with van der Waals surface area (Å²) in [5.41, 5.74) is -0.360. The highest BCUT2D eigenvalue weighted by atomic mass is 32.2. The van der Waals surface area contributed by atoms with Crippen LogP contribution < -0.4 is 10.2 Å². The molecule has 0 aliphatic heterocycles. The number of aromatic nitrogens is 1. The van der Waals surface area contributed by atoms with Gasteiger partial charge in [0, 0.05) is 12.2 Å². The minimum absolute atomic E-state index is 0.142. The van der Waals surface area contributed by atoms with Gasteiger partial charge in [-0.3, -0.25) is 15.0 Å². The number of nitrogens with zero attached hydrogens (tertiary/aromatic N) is 2. The Bertz CT molecular complexity index is 913. The van der Waals surface area contributed by atoms with Crippen molar-refractivity contribution in [2.45, 2.75) is 43.0 Å². The molecule has 0 bridgehead atoms. The number of ether oxygens (including phenoxy) is 1. The zero-order valence-electron chi connectivity index (χ0n) is 17.5. The maximum Gasteiger partial charge on any atom is 0.416 e. The summed E-state index contributed by atoms with van der Waals surface area (Å²) in [6, 6.07) is 4.16. The molecule has 1 aliphatic carbocycles. The Hall–Kier alpha value is -2.27. The molecule has 174 valence electrons. The number of hydrogen-bond donors (Lipinski definition) is 1. The fourth-order valence-electron chi connectivity index (χ4n) is 3.46. The molecule has 1 fully saturated rings. The van der Waals surface area contributed by atoms with Crippen molar-refractivity contribution in [3.05, 3.63) is 36.0 Å². The van der Waals surface area contributed by atoms with Gasteiger partial charge in [0.05, 0.1) is 28.3 Å². The van der Waals surface area contributed by atoms with E-state index in [2.05, 4.69) is 10.3 Å². The van der Waals surface area contributed by atoms with E-state index in [-0.39, 0.29) is 11.7 Å². The number of carbonyl (C=O) groups excluding carboxylic acids is 2. The quantitative estimate of drug-likeness (QED) is 0.363. The first-order valence-corrected chi connectivity index (χ1v) is 12.1. The van der Waals surface area contributed by atoms with E-state index in [9.17, 15) is 22.8 Å². The molecule has 3 rings (SSSR count). The van der Waals surface area contributed by atoms with E-state index in [0.29, 0.717) is 29.9 Å². The number of thiazole rings is 1. The molecule has 0 spiro atoms. The molecule has 1 aromatic heterocycles. The fourth-order valence-corrected chi connectivity index (χ4v) is 5.12. The molecule has 1 saturated carbocycles. The second-order valence-electron chi connectivity index (χ2n) is 7.31. The highest BCUT2D eigenvalue weighted by Gasteiger charge is 2.31. The summed E-state index contributed by atoms with van der Waals surface area (Å²) in [4.78, 5) is 30.2. The summed E-state index contributed by atoms with van der Waals surface area (Å²) < 4.78 is 44.4. The number of carbonyl (C=O) groups is 2. The maximum absolute atomic E-state index is 13.0. The highest BCUT2D eigenvalue weighted by Crippen LogP contribution is 2.33. The Morgan fingerprint density at radius 2 is 1.94 bits per heavy atom. The molecule has 0 saturated heterocycles. The van der Waals surface area contributed by atoms with Gasteiger partial charge in [0.15, 0.2) is 5.13 Å². The van der Waals surface area contributed by atoms with Crippen LogP contribution in [0.5, 0.6) is 0 Å². The third kappa shape index (κ3) is 6.86. The minimum Gasteiger partial charge on any atom is -0.465 e. The maximum atomic E-state index is 13.0. The predicted molar refractivity (Wildman–Crippen MR) is 119 cm³/mol. The lowest BCUT2D eigenvalue weighted by Crippen LogP contribution is -2.38. The molecule has 1 heterocycles. The van der Waals surface area contributed by atoms with E-state index in [1.807, 2.05) is 0 Å². The zero-order chi connectivity index (χ0) is 23.1. The summed E-state index contributed by atoms with van der Waals surface area (Å²) in [5, 5.41) is 3.09. The third-order valence-corrected chi connectivity index (χ3v) is 7.08. The summed E-state index contributed by atoms with van der Waals surface area (Å²) >= 11 is 2.48. The van der Waals surface area contributed by atoms with Gasteiger partial charge in [-0.2, -0.15) is 13.2 Å². The van der Waals surface area contributed by atoms with Crippen molar-refractivity contribution in [3.63, 3.8) is 0 Å². The number of hydrogen-bond acceptors (Lipinski definition) is 6. The lowest BCUT2D eigenvalue weighted by molar-refractivity contribution is -0.140. The van der Waals surface area contributed by atoms with Crippen molar-refractivity contribution in [1.29, 1.82) is 0 Å². The van der Waals surface area contributed by atoms with Gasteiger partial charge in [-0.15, -0.1) is 11.8 Å². The van der Waals surface area contributed by atoms with Gasteiger partial charge in [0.1, 0.15) is 0 Å². The van der Waals surface area contributed by atoms with Gasteiger partial charge in [-0.05, 0) is 49.9 Å². The van der Waals surface area contributed by atoms with Gasteiger partial charge >= 0.3 is 18.2 Å². The Balaban J connectivity index is 1.69. The van der Waals surface area contributed by atoms with Gasteiger partial charge < -0.3 is 4.74 Å². The van der Waals surface area contributed by atoms with Crippen molar-refractivity contribution in [3.8, 4) is 0 Å². The Kier molecular flexibility index (Phi) is 8.41. The number of rotatable bonds is 8. The number of thioether (sulfide) groups is 1. The topological polar surface area (TPSA) is 71.5 Å². The van der Waals surface area contributed by atoms with E-state index in [1.54, 1.807) is 13.1 Å². The van der Waals surface area contributed by atoms with E-state index in [0.717, 1.165) is 42.0 Å². The largest absolute Gasteiger partial charge is 0.465 e. The van der Waals surface area contributed by atoms with Crippen LogP contribution in [0.3, 0.4) is 0 Å².